The highest BCUT2D eigenvalue weighted by Crippen LogP contribution is 2.23. The monoisotopic (exact) mass is 460 g/mol. The van der Waals surface area contributed by atoms with Crippen molar-refractivity contribution in [2.75, 3.05) is 19.6 Å². The van der Waals surface area contributed by atoms with E-state index in [0.29, 0.717) is 5.92 Å². The van der Waals surface area contributed by atoms with Gasteiger partial charge < -0.3 is 15.2 Å². The first-order chi connectivity index (χ1) is 11.8. The molecule has 3 rings (SSSR count). The topological polar surface area (TPSA) is 67.1 Å². The number of aryl methyl sites for hydroxylation is 2. The lowest BCUT2D eigenvalue weighted by Gasteiger charge is -2.24. The Hall–Kier alpha value is -0.860. The van der Waals surface area contributed by atoms with Crippen molar-refractivity contribution in [2.24, 2.45) is 16.8 Å². The molecule has 1 aromatic rings. The summed E-state index contributed by atoms with van der Waals surface area (Å²) >= 11 is 0. The van der Waals surface area contributed by atoms with E-state index >= 15 is 0 Å². The average Bonchev–Trinajstić information content (AvgIpc) is 2.99. The lowest BCUT2D eigenvalue weighted by molar-refractivity contribution is 0.354. The van der Waals surface area contributed by atoms with Gasteiger partial charge in [-0.15, -0.1) is 34.2 Å². The standard InChI is InChI=1S/C18H32N6.HI/c1-3-19-18(20-11-15-7-5-4-6-8-15)21-12-16-9-10-17-23-22-14(2)24(17)13-16;/h15-16H,3-13H2,1-2H3,(H2,19,20,21);1H. The minimum absolute atomic E-state index is 0. The predicted octanol–water partition coefficient (Wildman–Crippen LogP) is 2.90. The highest BCUT2D eigenvalue weighted by atomic mass is 127. The fourth-order valence-electron chi connectivity index (χ4n) is 3.87. The maximum atomic E-state index is 4.85. The number of rotatable bonds is 5. The first-order valence-corrected chi connectivity index (χ1v) is 9.67. The molecule has 25 heavy (non-hydrogen) atoms. The molecule has 0 saturated heterocycles. The summed E-state index contributed by atoms with van der Waals surface area (Å²) in [5, 5.41) is 15.4. The van der Waals surface area contributed by atoms with Gasteiger partial charge in [-0.3, -0.25) is 4.99 Å². The Morgan fingerprint density at radius 3 is 2.68 bits per heavy atom. The van der Waals surface area contributed by atoms with Gasteiger partial charge in [0.2, 0.25) is 0 Å². The van der Waals surface area contributed by atoms with Crippen molar-refractivity contribution in [1.29, 1.82) is 0 Å². The Bertz CT molecular complexity index is 550. The third-order valence-electron chi connectivity index (χ3n) is 5.36. The Balaban J connectivity index is 0.00000225. The molecule has 6 nitrogen and oxygen atoms in total. The van der Waals surface area contributed by atoms with E-state index in [4.69, 9.17) is 4.99 Å². The Morgan fingerprint density at radius 2 is 1.92 bits per heavy atom. The number of halogens is 1. The van der Waals surface area contributed by atoms with Crippen molar-refractivity contribution in [1.82, 2.24) is 25.4 Å². The van der Waals surface area contributed by atoms with Crippen LogP contribution in [0.3, 0.4) is 0 Å². The zero-order valence-electron chi connectivity index (χ0n) is 15.6. The number of fused-ring (bicyclic) bond motifs is 1. The van der Waals surface area contributed by atoms with Crippen molar-refractivity contribution in [3.05, 3.63) is 11.6 Å². The fourth-order valence-corrected chi connectivity index (χ4v) is 3.87. The molecule has 1 aliphatic heterocycles. The average molecular weight is 460 g/mol. The van der Waals surface area contributed by atoms with Crippen molar-refractivity contribution in [3.8, 4) is 0 Å². The molecule has 0 amide bonds. The molecule has 1 aliphatic carbocycles. The van der Waals surface area contributed by atoms with E-state index in [-0.39, 0.29) is 24.0 Å². The van der Waals surface area contributed by atoms with Gasteiger partial charge in [-0.25, -0.2) is 0 Å². The minimum Gasteiger partial charge on any atom is -0.357 e. The number of guanidine groups is 1. The predicted molar refractivity (Wildman–Crippen MR) is 113 cm³/mol. The molecular weight excluding hydrogens is 427 g/mol. The van der Waals surface area contributed by atoms with E-state index in [9.17, 15) is 0 Å². The third kappa shape index (κ3) is 5.82. The third-order valence-corrected chi connectivity index (χ3v) is 5.36. The molecule has 0 spiro atoms. The zero-order chi connectivity index (χ0) is 16.8. The van der Waals surface area contributed by atoms with Crippen LogP contribution in [-0.4, -0.2) is 40.4 Å². The summed E-state index contributed by atoms with van der Waals surface area (Å²) in [6, 6.07) is 0. The number of hydrogen-bond donors (Lipinski definition) is 2. The number of nitrogens with zero attached hydrogens (tertiary/aromatic N) is 4. The summed E-state index contributed by atoms with van der Waals surface area (Å²) in [7, 11) is 0. The van der Waals surface area contributed by atoms with Gasteiger partial charge in [0.25, 0.3) is 0 Å². The molecule has 142 valence electrons. The van der Waals surface area contributed by atoms with E-state index in [1.807, 2.05) is 6.92 Å². The SMILES string of the molecule is CCNC(=NCC1CCc2nnc(C)n2C1)NCC1CCCCC1.I. The summed E-state index contributed by atoms with van der Waals surface area (Å²) in [5.41, 5.74) is 0. The molecule has 1 fully saturated rings. The second-order valence-corrected chi connectivity index (χ2v) is 7.28. The van der Waals surface area contributed by atoms with Crippen LogP contribution in [0.15, 0.2) is 4.99 Å². The van der Waals surface area contributed by atoms with Crippen LogP contribution < -0.4 is 10.6 Å². The summed E-state index contributed by atoms with van der Waals surface area (Å²) in [5.74, 6) is 4.54. The molecule has 1 unspecified atom stereocenters. The normalized spacial score (nSPS) is 21.4. The Kier molecular flexibility index (Phi) is 8.45. The lowest BCUT2D eigenvalue weighted by atomic mass is 9.89. The van der Waals surface area contributed by atoms with Gasteiger partial charge in [0.15, 0.2) is 5.96 Å². The van der Waals surface area contributed by atoms with Crippen molar-refractivity contribution >= 4 is 29.9 Å². The first-order valence-electron chi connectivity index (χ1n) is 9.67. The molecule has 2 aliphatic rings. The molecule has 7 heteroatoms. The van der Waals surface area contributed by atoms with E-state index in [1.165, 1.54) is 32.1 Å². The summed E-state index contributed by atoms with van der Waals surface area (Å²) < 4.78 is 2.26. The summed E-state index contributed by atoms with van der Waals surface area (Å²) in [4.78, 5) is 4.85. The second kappa shape index (κ2) is 10.3. The van der Waals surface area contributed by atoms with Crippen LogP contribution in [0, 0.1) is 18.8 Å². The van der Waals surface area contributed by atoms with Crippen molar-refractivity contribution in [2.45, 2.75) is 65.3 Å². The van der Waals surface area contributed by atoms with Gasteiger partial charge in [-0.05, 0) is 44.9 Å². The van der Waals surface area contributed by atoms with Gasteiger partial charge in [-0.1, -0.05) is 19.3 Å². The first kappa shape index (κ1) is 20.5. The Labute approximate surface area is 168 Å². The minimum atomic E-state index is 0. The van der Waals surface area contributed by atoms with Crippen LogP contribution in [0.5, 0.6) is 0 Å². The van der Waals surface area contributed by atoms with Gasteiger partial charge in [0.1, 0.15) is 11.6 Å². The van der Waals surface area contributed by atoms with Gasteiger partial charge in [-0.2, -0.15) is 0 Å². The van der Waals surface area contributed by atoms with Crippen molar-refractivity contribution in [3.63, 3.8) is 0 Å². The molecule has 2 heterocycles. The van der Waals surface area contributed by atoms with Crippen LogP contribution in [0.1, 0.15) is 57.1 Å². The molecule has 1 atom stereocenters. The summed E-state index contributed by atoms with van der Waals surface area (Å²) in [6.45, 7) is 8.01. The lowest BCUT2D eigenvalue weighted by Crippen LogP contribution is -2.40. The van der Waals surface area contributed by atoms with E-state index in [0.717, 1.165) is 62.5 Å². The second-order valence-electron chi connectivity index (χ2n) is 7.28. The van der Waals surface area contributed by atoms with Crippen LogP contribution in [0.25, 0.3) is 0 Å². The van der Waals surface area contributed by atoms with Crippen LogP contribution >= 0.6 is 24.0 Å². The number of aromatic nitrogens is 3. The number of nitrogens with one attached hydrogen (secondary N) is 2. The summed E-state index contributed by atoms with van der Waals surface area (Å²) in [6.07, 6.45) is 9.11. The van der Waals surface area contributed by atoms with Gasteiger partial charge in [0, 0.05) is 32.6 Å². The van der Waals surface area contributed by atoms with E-state index in [1.54, 1.807) is 0 Å². The Morgan fingerprint density at radius 1 is 1.12 bits per heavy atom. The molecule has 2 N–H and O–H groups in total. The zero-order valence-corrected chi connectivity index (χ0v) is 18.0. The quantitative estimate of drug-likeness (QED) is 0.403. The molecule has 1 saturated carbocycles. The number of hydrogen-bond acceptors (Lipinski definition) is 3. The smallest absolute Gasteiger partial charge is 0.191 e. The number of aliphatic imine (C=N–C) groups is 1. The van der Waals surface area contributed by atoms with E-state index in [2.05, 4.69) is 32.3 Å². The molecule has 0 bridgehead atoms. The molecular formula is C18H33IN6. The van der Waals surface area contributed by atoms with Crippen LogP contribution in [0.4, 0.5) is 0 Å². The molecule has 1 aromatic heterocycles. The highest BCUT2D eigenvalue weighted by molar-refractivity contribution is 14.0. The van der Waals surface area contributed by atoms with Gasteiger partial charge in [0.05, 0.1) is 0 Å². The highest BCUT2D eigenvalue weighted by Gasteiger charge is 2.21. The van der Waals surface area contributed by atoms with E-state index < -0.39 is 0 Å². The van der Waals surface area contributed by atoms with Crippen LogP contribution in [0.2, 0.25) is 0 Å². The molecule has 0 aromatic carbocycles. The molecule has 0 radical (unpaired) electrons. The maximum Gasteiger partial charge on any atom is 0.191 e. The van der Waals surface area contributed by atoms with Crippen molar-refractivity contribution < 1.29 is 0 Å². The largest absolute Gasteiger partial charge is 0.357 e. The van der Waals surface area contributed by atoms with Gasteiger partial charge >= 0.3 is 0 Å². The maximum absolute atomic E-state index is 4.85. The van der Waals surface area contributed by atoms with Crippen LogP contribution in [-0.2, 0) is 13.0 Å². The fraction of sp³-hybridized carbons (Fsp3) is 0.833.